The highest BCUT2D eigenvalue weighted by Crippen LogP contribution is 2.21. The maximum Gasteiger partial charge on any atom is 0.236 e. The molecule has 1 atom stereocenters. The smallest absolute Gasteiger partial charge is 0.236 e. The number of rotatable bonds is 4. The van der Waals surface area contributed by atoms with Gasteiger partial charge in [-0.05, 0) is 28.9 Å². The normalized spacial score (nSPS) is 13.5. The lowest BCUT2D eigenvalue weighted by atomic mass is 10.4. The van der Waals surface area contributed by atoms with Gasteiger partial charge in [0.25, 0.3) is 0 Å². The molecule has 1 rings (SSSR count). The van der Waals surface area contributed by atoms with E-state index in [0.717, 1.165) is 0 Å². The van der Waals surface area contributed by atoms with Crippen LogP contribution in [0.2, 0.25) is 0 Å². The Bertz CT molecular complexity index is 435. The summed E-state index contributed by atoms with van der Waals surface area (Å²) in [6.07, 6.45) is 3.03. The number of nitrogens with zero attached hydrogens (tertiary/aromatic N) is 1. The summed E-state index contributed by atoms with van der Waals surface area (Å²) in [7, 11) is -3.42. The minimum absolute atomic E-state index is 0.0814. The fraction of sp³-hybridized carbons (Fsp3) is 0.375. The Kier molecular flexibility index (Phi) is 4.06. The highest BCUT2D eigenvalue weighted by molar-refractivity contribution is 9.10. The molecule has 1 aromatic heterocycles. The highest BCUT2D eigenvalue weighted by Gasteiger charge is 2.19. The van der Waals surface area contributed by atoms with Gasteiger partial charge in [-0.1, -0.05) is 0 Å². The molecule has 1 heterocycles. The van der Waals surface area contributed by atoms with Gasteiger partial charge in [0.15, 0.2) is 0 Å². The van der Waals surface area contributed by atoms with Crippen LogP contribution < -0.4 is 10.5 Å². The van der Waals surface area contributed by atoms with Crippen LogP contribution in [0.4, 0.5) is 5.69 Å². The lowest BCUT2D eigenvalue weighted by molar-refractivity contribution is 0.589. The molecule has 84 valence electrons. The third kappa shape index (κ3) is 3.15. The molecule has 0 saturated heterocycles. The Hall–Kier alpha value is -0.660. The lowest BCUT2D eigenvalue weighted by Crippen LogP contribution is -2.31. The molecule has 5 nitrogen and oxygen atoms in total. The molecule has 0 aliphatic carbocycles. The van der Waals surface area contributed by atoms with Crippen molar-refractivity contribution < 1.29 is 8.42 Å². The molecule has 0 spiro atoms. The first-order valence-corrected chi connectivity index (χ1v) is 6.62. The number of hydrogen-bond donors (Lipinski definition) is 2. The van der Waals surface area contributed by atoms with Crippen LogP contribution in [0.3, 0.4) is 0 Å². The molecular formula is C8H12BrN3O2S. The molecule has 0 aliphatic heterocycles. The monoisotopic (exact) mass is 293 g/mol. The Morgan fingerprint density at radius 3 is 2.87 bits per heavy atom. The van der Waals surface area contributed by atoms with Crippen LogP contribution in [0, 0.1) is 0 Å². The number of nitrogens with one attached hydrogen (secondary N) is 1. The minimum Gasteiger partial charge on any atom is -0.329 e. The van der Waals surface area contributed by atoms with Crippen LogP contribution in [0.25, 0.3) is 0 Å². The molecule has 15 heavy (non-hydrogen) atoms. The number of aromatic nitrogens is 1. The Balaban J connectivity index is 2.92. The first kappa shape index (κ1) is 12.4. The summed E-state index contributed by atoms with van der Waals surface area (Å²) in [6.45, 7) is 1.63. The van der Waals surface area contributed by atoms with Gasteiger partial charge in [0, 0.05) is 18.9 Å². The molecule has 0 aliphatic rings. The molecule has 1 aromatic rings. The zero-order valence-electron chi connectivity index (χ0n) is 8.14. The summed E-state index contributed by atoms with van der Waals surface area (Å²) in [4.78, 5) is 3.83. The SMILES string of the molecule is CC(CN)S(=O)(=O)Nc1ccncc1Br. The summed E-state index contributed by atoms with van der Waals surface area (Å²) >= 11 is 3.20. The van der Waals surface area contributed by atoms with Gasteiger partial charge in [-0.2, -0.15) is 0 Å². The lowest BCUT2D eigenvalue weighted by Gasteiger charge is -2.13. The van der Waals surface area contributed by atoms with E-state index in [1.54, 1.807) is 13.0 Å². The van der Waals surface area contributed by atoms with Crippen molar-refractivity contribution in [2.24, 2.45) is 5.73 Å². The van der Waals surface area contributed by atoms with Crippen molar-refractivity contribution in [2.75, 3.05) is 11.3 Å². The summed E-state index contributed by atoms with van der Waals surface area (Å²) in [5.74, 6) is 0. The maximum atomic E-state index is 11.7. The van der Waals surface area contributed by atoms with Crippen LogP contribution in [-0.2, 0) is 10.0 Å². The van der Waals surface area contributed by atoms with Crippen molar-refractivity contribution in [2.45, 2.75) is 12.2 Å². The number of nitrogens with two attached hydrogens (primary N) is 1. The molecule has 0 radical (unpaired) electrons. The summed E-state index contributed by atoms with van der Waals surface area (Å²) in [5.41, 5.74) is 5.77. The molecule has 0 aromatic carbocycles. The van der Waals surface area contributed by atoms with Gasteiger partial charge < -0.3 is 5.73 Å². The van der Waals surface area contributed by atoms with Gasteiger partial charge >= 0.3 is 0 Å². The van der Waals surface area contributed by atoms with Crippen LogP contribution in [0.1, 0.15) is 6.92 Å². The standard InChI is InChI=1S/C8H12BrN3O2S/c1-6(4-10)15(13,14)12-8-2-3-11-5-7(8)9/h2-3,5-6H,4,10H2,1H3,(H,11,12). The predicted octanol–water partition coefficient (Wildman–Crippen LogP) is 0.933. The van der Waals surface area contributed by atoms with E-state index >= 15 is 0 Å². The topological polar surface area (TPSA) is 85.1 Å². The molecule has 3 N–H and O–H groups in total. The second-order valence-electron chi connectivity index (χ2n) is 3.05. The van der Waals surface area contributed by atoms with Crippen molar-refractivity contribution in [3.63, 3.8) is 0 Å². The molecule has 0 amide bonds. The number of hydrogen-bond acceptors (Lipinski definition) is 4. The van der Waals surface area contributed by atoms with E-state index < -0.39 is 15.3 Å². The fourth-order valence-electron chi connectivity index (χ4n) is 0.838. The minimum atomic E-state index is -3.42. The average Bonchev–Trinajstić information content (AvgIpc) is 2.20. The van der Waals surface area contributed by atoms with Gasteiger partial charge in [-0.25, -0.2) is 8.42 Å². The summed E-state index contributed by atoms with van der Waals surface area (Å²) in [5, 5.41) is -0.627. The Morgan fingerprint density at radius 2 is 2.33 bits per heavy atom. The van der Waals surface area contributed by atoms with E-state index in [4.69, 9.17) is 5.73 Å². The van der Waals surface area contributed by atoms with Crippen LogP contribution >= 0.6 is 15.9 Å². The second kappa shape index (κ2) is 4.91. The third-order valence-corrected chi connectivity index (χ3v) is 4.27. The quantitative estimate of drug-likeness (QED) is 0.865. The Morgan fingerprint density at radius 1 is 1.67 bits per heavy atom. The van der Waals surface area contributed by atoms with Gasteiger partial charge in [0.05, 0.1) is 15.4 Å². The fourth-order valence-corrected chi connectivity index (χ4v) is 2.26. The predicted molar refractivity (Wildman–Crippen MR) is 63.0 cm³/mol. The molecule has 7 heteroatoms. The highest BCUT2D eigenvalue weighted by atomic mass is 79.9. The van der Waals surface area contributed by atoms with Crippen LogP contribution in [0.15, 0.2) is 22.9 Å². The van der Waals surface area contributed by atoms with Crippen molar-refractivity contribution >= 4 is 31.6 Å². The van der Waals surface area contributed by atoms with Crippen molar-refractivity contribution in [3.05, 3.63) is 22.9 Å². The van der Waals surface area contributed by atoms with E-state index in [2.05, 4.69) is 25.6 Å². The summed E-state index contributed by atoms with van der Waals surface area (Å²) in [6, 6.07) is 1.57. The number of anilines is 1. The van der Waals surface area contributed by atoms with E-state index in [1.807, 2.05) is 0 Å². The third-order valence-electron chi connectivity index (χ3n) is 1.89. The average molecular weight is 294 g/mol. The van der Waals surface area contributed by atoms with Crippen molar-refractivity contribution in [3.8, 4) is 0 Å². The number of pyridine rings is 1. The zero-order valence-corrected chi connectivity index (χ0v) is 10.5. The molecule has 0 fully saturated rings. The van der Waals surface area contributed by atoms with E-state index in [9.17, 15) is 8.42 Å². The van der Waals surface area contributed by atoms with Crippen molar-refractivity contribution in [1.82, 2.24) is 4.98 Å². The molecular weight excluding hydrogens is 282 g/mol. The first-order chi connectivity index (χ1) is 6.97. The molecule has 0 bridgehead atoms. The van der Waals surface area contributed by atoms with Crippen LogP contribution in [-0.4, -0.2) is 25.2 Å². The van der Waals surface area contributed by atoms with E-state index in [-0.39, 0.29) is 6.54 Å². The van der Waals surface area contributed by atoms with Gasteiger partial charge in [-0.3, -0.25) is 9.71 Å². The van der Waals surface area contributed by atoms with E-state index in [1.165, 1.54) is 12.4 Å². The van der Waals surface area contributed by atoms with Gasteiger partial charge in [0.2, 0.25) is 10.0 Å². The van der Waals surface area contributed by atoms with Crippen LogP contribution in [0.5, 0.6) is 0 Å². The largest absolute Gasteiger partial charge is 0.329 e. The number of halogens is 1. The molecule has 0 saturated carbocycles. The van der Waals surface area contributed by atoms with Gasteiger partial charge in [-0.15, -0.1) is 0 Å². The first-order valence-electron chi connectivity index (χ1n) is 4.28. The Labute approximate surface area is 97.3 Å². The second-order valence-corrected chi connectivity index (χ2v) is 6.00. The molecule has 1 unspecified atom stereocenters. The maximum absolute atomic E-state index is 11.7. The van der Waals surface area contributed by atoms with Crippen molar-refractivity contribution in [1.29, 1.82) is 0 Å². The summed E-state index contributed by atoms with van der Waals surface area (Å²) < 4.78 is 26.3. The number of sulfonamides is 1. The zero-order chi connectivity index (χ0) is 11.5. The van der Waals surface area contributed by atoms with Gasteiger partial charge in [0.1, 0.15) is 0 Å². The van der Waals surface area contributed by atoms with E-state index in [0.29, 0.717) is 10.2 Å².